The molecule has 3 heterocycles. The standard InChI is InChI=1S/C19H22ClN5O2S/c1-26-15-9-13-14(10-16(15)27-2)22-19(23-18(13)21)25-7-5-24(6-8-25)11-12-3-4-17(20)28-12/h3-4,9-10H,5-8,11H2,1-2H3,(H2,21,22,23). The van der Waals surface area contributed by atoms with Gasteiger partial charge >= 0.3 is 0 Å². The van der Waals surface area contributed by atoms with Crippen LogP contribution < -0.4 is 20.1 Å². The quantitative estimate of drug-likeness (QED) is 0.680. The molecular weight excluding hydrogens is 398 g/mol. The second kappa shape index (κ2) is 7.98. The molecule has 1 aliphatic rings. The maximum absolute atomic E-state index is 6.21. The third-order valence-corrected chi connectivity index (χ3v) is 6.10. The molecule has 9 heteroatoms. The number of nitrogens with zero attached hydrogens (tertiary/aromatic N) is 4. The van der Waals surface area contributed by atoms with Crippen LogP contribution in [0.15, 0.2) is 24.3 Å². The van der Waals surface area contributed by atoms with Crippen LogP contribution in [0.1, 0.15) is 4.88 Å². The van der Waals surface area contributed by atoms with Gasteiger partial charge in [-0.3, -0.25) is 4.90 Å². The van der Waals surface area contributed by atoms with Gasteiger partial charge in [0.2, 0.25) is 5.95 Å². The van der Waals surface area contributed by atoms with Crippen LogP contribution in [0.5, 0.6) is 11.5 Å². The summed E-state index contributed by atoms with van der Waals surface area (Å²) in [6, 6.07) is 7.70. The van der Waals surface area contributed by atoms with Gasteiger partial charge in [0.25, 0.3) is 0 Å². The lowest BCUT2D eigenvalue weighted by Gasteiger charge is -2.34. The van der Waals surface area contributed by atoms with Crippen LogP contribution >= 0.6 is 22.9 Å². The summed E-state index contributed by atoms with van der Waals surface area (Å²) >= 11 is 7.67. The number of piperazine rings is 1. The molecule has 0 spiro atoms. The summed E-state index contributed by atoms with van der Waals surface area (Å²) < 4.78 is 11.6. The Bertz CT molecular complexity index is 988. The molecule has 28 heavy (non-hydrogen) atoms. The SMILES string of the molecule is COc1cc2nc(N3CCN(Cc4ccc(Cl)s4)CC3)nc(N)c2cc1OC. The number of hydrogen-bond acceptors (Lipinski definition) is 8. The van der Waals surface area contributed by atoms with Gasteiger partial charge in [-0.15, -0.1) is 11.3 Å². The predicted octanol–water partition coefficient (Wildman–Crippen LogP) is 3.27. The summed E-state index contributed by atoms with van der Waals surface area (Å²) in [5.41, 5.74) is 6.96. The summed E-state index contributed by atoms with van der Waals surface area (Å²) in [4.78, 5) is 15.1. The van der Waals surface area contributed by atoms with E-state index in [9.17, 15) is 0 Å². The van der Waals surface area contributed by atoms with E-state index in [2.05, 4.69) is 20.9 Å². The molecule has 0 saturated carbocycles. The number of fused-ring (bicyclic) bond motifs is 1. The first-order valence-corrected chi connectivity index (χ1v) is 10.2. The topological polar surface area (TPSA) is 76.7 Å². The third-order valence-electron chi connectivity index (χ3n) is 4.88. The van der Waals surface area contributed by atoms with Crippen LogP contribution in [-0.2, 0) is 6.54 Å². The maximum Gasteiger partial charge on any atom is 0.227 e. The number of aromatic nitrogens is 2. The average Bonchev–Trinajstić information content (AvgIpc) is 3.12. The fourth-order valence-electron chi connectivity index (χ4n) is 3.37. The molecule has 1 aromatic carbocycles. The van der Waals surface area contributed by atoms with Crippen molar-refractivity contribution in [3.05, 3.63) is 33.5 Å². The van der Waals surface area contributed by atoms with Gasteiger partial charge in [0.15, 0.2) is 11.5 Å². The second-order valence-electron chi connectivity index (χ2n) is 6.60. The Morgan fingerprint density at radius 3 is 2.43 bits per heavy atom. The summed E-state index contributed by atoms with van der Waals surface area (Å²) in [5.74, 6) is 2.33. The van der Waals surface area contributed by atoms with Crippen molar-refractivity contribution in [1.29, 1.82) is 0 Å². The van der Waals surface area contributed by atoms with Crippen molar-refractivity contribution in [3.8, 4) is 11.5 Å². The molecular formula is C19H22ClN5O2S. The van der Waals surface area contributed by atoms with Crippen LogP contribution in [0.25, 0.3) is 10.9 Å². The van der Waals surface area contributed by atoms with Crippen molar-refractivity contribution in [3.63, 3.8) is 0 Å². The van der Waals surface area contributed by atoms with Crippen LogP contribution in [0.4, 0.5) is 11.8 Å². The molecule has 0 atom stereocenters. The summed E-state index contributed by atoms with van der Waals surface area (Å²) in [5, 5.41) is 0.759. The van der Waals surface area contributed by atoms with Gasteiger partial charge in [0.1, 0.15) is 5.82 Å². The molecule has 3 aromatic rings. The highest BCUT2D eigenvalue weighted by molar-refractivity contribution is 7.16. The zero-order chi connectivity index (χ0) is 19.7. The van der Waals surface area contributed by atoms with E-state index in [1.165, 1.54) is 4.88 Å². The normalized spacial score (nSPS) is 15.2. The van der Waals surface area contributed by atoms with Gasteiger partial charge in [-0.05, 0) is 18.2 Å². The molecule has 148 valence electrons. The smallest absolute Gasteiger partial charge is 0.227 e. The number of anilines is 2. The van der Waals surface area contributed by atoms with E-state index in [-0.39, 0.29) is 0 Å². The van der Waals surface area contributed by atoms with E-state index in [4.69, 9.17) is 31.8 Å². The molecule has 1 aliphatic heterocycles. The lowest BCUT2D eigenvalue weighted by molar-refractivity contribution is 0.251. The summed E-state index contributed by atoms with van der Waals surface area (Å²) in [7, 11) is 3.20. The van der Waals surface area contributed by atoms with E-state index in [0.29, 0.717) is 23.3 Å². The predicted molar refractivity (Wildman–Crippen MR) is 114 cm³/mol. The highest BCUT2D eigenvalue weighted by atomic mass is 35.5. The molecule has 1 saturated heterocycles. The van der Waals surface area contributed by atoms with E-state index >= 15 is 0 Å². The third kappa shape index (κ3) is 3.80. The minimum atomic E-state index is 0.441. The molecule has 0 radical (unpaired) electrons. The highest BCUT2D eigenvalue weighted by Gasteiger charge is 2.21. The number of ether oxygens (including phenoxy) is 2. The van der Waals surface area contributed by atoms with Crippen molar-refractivity contribution in [2.75, 3.05) is 51.0 Å². The Hall–Kier alpha value is -2.29. The Kier molecular flexibility index (Phi) is 5.43. The first-order valence-electron chi connectivity index (χ1n) is 8.98. The fourth-order valence-corrected chi connectivity index (χ4v) is 4.50. The number of nitrogens with two attached hydrogens (primary N) is 1. The van der Waals surface area contributed by atoms with Gasteiger partial charge in [0, 0.05) is 49.1 Å². The van der Waals surface area contributed by atoms with Crippen LogP contribution in [0, 0.1) is 0 Å². The largest absolute Gasteiger partial charge is 0.493 e. The monoisotopic (exact) mass is 419 g/mol. The Morgan fingerprint density at radius 1 is 1.07 bits per heavy atom. The molecule has 2 aromatic heterocycles. The van der Waals surface area contributed by atoms with Crippen molar-refractivity contribution in [2.24, 2.45) is 0 Å². The van der Waals surface area contributed by atoms with E-state index < -0.39 is 0 Å². The number of benzene rings is 1. The van der Waals surface area contributed by atoms with E-state index in [0.717, 1.165) is 48.0 Å². The molecule has 0 unspecified atom stereocenters. The zero-order valence-electron chi connectivity index (χ0n) is 15.8. The molecule has 1 fully saturated rings. The van der Waals surface area contributed by atoms with Crippen molar-refractivity contribution in [1.82, 2.24) is 14.9 Å². The molecule has 0 bridgehead atoms. The Balaban J connectivity index is 1.51. The second-order valence-corrected chi connectivity index (χ2v) is 8.40. The molecule has 4 rings (SSSR count). The summed E-state index contributed by atoms with van der Waals surface area (Å²) in [6.45, 7) is 4.48. The maximum atomic E-state index is 6.21. The van der Waals surface area contributed by atoms with Crippen molar-refractivity contribution in [2.45, 2.75) is 6.54 Å². The first kappa shape index (κ1) is 19.0. The Labute approximate surface area is 172 Å². The summed E-state index contributed by atoms with van der Waals surface area (Å²) in [6.07, 6.45) is 0. The Morgan fingerprint density at radius 2 is 1.79 bits per heavy atom. The first-order chi connectivity index (χ1) is 13.6. The number of methoxy groups -OCH3 is 2. The van der Waals surface area contributed by atoms with Gasteiger partial charge in [-0.1, -0.05) is 11.6 Å². The van der Waals surface area contributed by atoms with Crippen LogP contribution in [0.2, 0.25) is 4.34 Å². The van der Waals surface area contributed by atoms with Gasteiger partial charge in [0.05, 0.1) is 24.1 Å². The lowest BCUT2D eigenvalue weighted by Crippen LogP contribution is -2.46. The van der Waals surface area contributed by atoms with Gasteiger partial charge in [-0.2, -0.15) is 4.98 Å². The van der Waals surface area contributed by atoms with E-state index in [1.54, 1.807) is 25.6 Å². The number of hydrogen-bond donors (Lipinski definition) is 1. The molecule has 0 aliphatic carbocycles. The fraction of sp³-hybridized carbons (Fsp3) is 0.368. The number of thiophene rings is 1. The minimum Gasteiger partial charge on any atom is -0.493 e. The molecule has 2 N–H and O–H groups in total. The van der Waals surface area contributed by atoms with Gasteiger partial charge in [-0.25, -0.2) is 4.98 Å². The number of nitrogen functional groups attached to an aromatic ring is 1. The van der Waals surface area contributed by atoms with Crippen LogP contribution in [-0.4, -0.2) is 55.3 Å². The van der Waals surface area contributed by atoms with Crippen molar-refractivity contribution >= 4 is 45.6 Å². The number of halogens is 1. The lowest BCUT2D eigenvalue weighted by atomic mass is 10.2. The number of rotatable bonds is 5. The molecule has 0 amide bonds. The van der Waals surface area contributed by atoms with Gasteiger partial charge < -0.3 is 20.1 Å². The van der Waals surface area contributed by atoms with Crippen LogP contribution in [0.3, 0.4) is 0 Å². The zero-order valence-corrected chi connectivity index (χ0v) is 17.4. The minimum absolute atomic E-state index is 0.441. The molecule has 7 nitrogen and oxygen atoms in total. The van der Waals surface area contributed by atoms with E-state index in [1.807, 2.05) is 18.2 Å². The highest BCUT2D eigenvalue weighted by Crippen LogP contribution is 2.34. The van der Waals surface area contributed by atoms with Crippen molar-refractivity contribution < 1.29 is 9.47 Å². The average molecular weight is 420 g/mol.